The van der Waals surface area contributed by atoms with Crippen LogP contribution in [0.15, 0.2) is 18.2 Å². The summed E-state index contributed by atoms with van der Waals surface area (Å²) in [6, 6.07) is 3.41. The number of halogens is 1. The van der Waals surface area contributed by atoms with Crippen LogP contribution in [0.3, 0.4) is 0 Å². The highest BCUT2D eigenvalue weighted by atomic mass is 19.1. The minimum atomic E-state index is -0.700. The second-order valence-corrected chi connectivity index (χ2v) is 2.57. The molecular weight excluding hydrogens is 159 g/mol. The number of hydrogen-bond donors (Lipinski definition) is 3. The van der Waals surface area contributed by atoms with Crippen molar-refractivity contribution in [3.05, 3.63) is 29.6 Å². The van der Waals surface area contributed by atoms with Crippen molar-refractivity contribution in [2.75, 3.05) is 12.3 Å². The molecule has 0 heterocycles. The molecule has 0 aromatic heterocycles. The first-order valence-electron chi connectivity index (χ1n) is 3.56. The van der Waals surface area contributed by atoms with E-state index in [0.29, 0.717) is 5.69 Å². The summed E-state index contributed by atoms with van der Waals surface area (Å²) in [5.41, 5.74) is 11.5. The summed E-state index contributed by atoms with van der Waals surface area (Å²) in [6.07, 6.45) is 0. The monoisotopic (exact) mass is 170 g/mol. The Kier molecular flexibility index (Phi) is 2.62. The number of nitrogen functional groups attached to an aromatic ring is 1. The van der Waals surface area contributed by atoms with Crippen LogP contribution in [-0.4, -0.2) is 11.7 Å². The maximum atomic E-state index is 13.0. The van der Waals surface area contributed by atoms with Crippen LogP contribution in [0.2, 0.25) is 0 Å². The van der Waals surface area contributed by atoms with Gasteiger partial charge in [0.1, 0.15) is 5.82 Å². The number of anilines is 1. The highest BCUT2D eigenvalue weighted by molar-refractivity contribution is 5.42. The number of nitrogens with two attached hydrogens (primary N) is 2. The van der Waals surface area contributed by atoms with E-state index in [1.54, 1.807) is 0 Å². The first-order valence-corrected chi connectivity index (χ1v) is 3.56. The number of rotatable bonds is 2. The largest absolute Gasteiger partial charge is 0.399 e. The minimum absolute atomic E-state index is 0.248. The fraction of sp³-hybridized carbons (Fsp3) is 0.250. The highest BCUT2D eigenvalue weighted by Crippen LogP contribution is 2.17. The lowest BCUT2D eigenvalue weighted by molar-refractivity contribution is 0.265. The van der Waals surface area contributed by atoms with Crippen LogP contribution in [0, 0.1) is 5.82 Å². The van der Waals surface area contributed by atoms with Crippen molar-refractivity contribution in [3.63, 3.8) is 0 Å². The van der Waals surface area contributed by atoms with Crippen molar-refractivity contribution in [3.8, 4) is 0 Å². The highest BCUT2D eigenvalue weighted by Gasteiger charge is 2.09. The van der Waals surface area contributed by atoms with Crippen molar-refractivity contribution in [1.29, 1.82) is 0 Å². The molecule has 0 amide bonds. The molecule has 66 valence electrons. The average molecular weight is 170 g/mol. The molecule has 0 saturated carbocycles. The molecule has 3 nitrogen and oxygen atoms in total. The fourth-order valence-corrected chi connectivity index (χ4v) is 0.945. The van der Waals surface area contributed by atoms with Gasteiger partial charge in [0.15, 0.2) is 0 Å². The molecule has 0 bridgehead atoms. The SMILES string of the molecule is Nc1ccc(F)c(C(N)CO)c1. The molecule has 0 aliphatic rings. The predicted molar refractivity (Wildman–Crippen MR) is 44.8 cm³/mol. The molecule has 5 N–H and O–H groups in total. The molecule has 0 spiro atoms. The summed E-state index contributed by atoms with van der Waals surface area (Å²) in [4.78, 5) is 0. The van der Waals surface area contributed by atoms with Gasteiger partial charge in [0.05, 0.1) is 12.6 Å². The quantitative estimate of drug-likeness (QED) is 0.562. The third-order valence-corrected chi connectivity index (χ3v) is 1.62. The molecule has 0 fully saturated rings. The third kappa shape index (κ3) is 1.72. The fourth-order valence-electron chi connectivity index (χ4n) is 0.945. The Balaban J connectivity index is 3.04. The molecule has 0 aliphatic carbocycles. The molecule has 0 radical (unpaired) electrons. The predicted octanol–water partition coefficient (Wildman–Crippen LogP) is 0.400. The van der Waals surface area contributed by atoms with Crippen LogP contribution in [-0.2, 0) is 0 Å². The molecule has 1 atom stereocenters. The summed E-state index contributed by atoms with van der Waals surface area (Å²) < 4.78 is 13.0. The van der Waals surface area contributed by atoms with Gasteiger partial charge in [-0.05, 0) is 18.2 Å². The Hall–Kier alpha value is -1.13. The van der Waals surface area contributed by atoms with Gasteiger partial charge in [0, 0.05) is 11.3 Å². The first-order chi connectivity index (χ1) is 5.65. The lowest BCUT2D eigenvalue weighted by atomic mass is 10.1. The van der Waals surface area contributed by atoms with E-state index in [9.17, 15) is 4.39 Å². The summed E-state index contributed by atoms with van der Waals surface area (Å²) in [6.45, 7) is -0.291. The molecule has 0 saturated heterocycles. The number of aliphatic hydroxyl groups excluding tert-OH is 1. The molecule has 1 aromatic rings. The number of hydrogen-bond acceptors (Lipinski definition) is 3. The van der Waals surface area contributed by atoms with Crippen LogP contribution in [0.25, 0.3) is 0 Å². The van der Waals surface area contributed by atoms with Gasteiger partial charge in [-0.1, -0.05) is 0 Å². The Bertz CT molecular complexity index is 278. The van der Waals surface area contributed by atoms with Gasteiger partial charge in [-0.2, -0.15) is 0 Å². The zero-order valence-corrected chi connectivity index (χ0v) is 6.50. The topological polar surface area (TPSA) is 72.3 Å². The molecule has 0 aliphatic heterocycles. The van der Waals surface area contributed by atoms with E-state index in [1.165, 1.54) is 18.2 Å². The van der Waals surface area contributed by atoms with Crippen LogP contribution in [0.4, 0.5) is 10.1 Å². The third-order valence-electron chi connectivity index (χ3n) is 1.62. The number of aliphatic hydroxyl groups is 1. The zero-order valence-electron chi connectivity index (χ0n) is 6.50. The second kappa shape index (κ2) is 3.51. The average Bonchev–Trinajstić information content (AvgIpc) is 2.08. The van der Waals surface area contributed by atoms with Crippen LogP contribution in [0.1, 0.15) is 11.6 Å². The zero-order chi connectivity index (χ0) is 9.14. The Labute approximate surface area is 69.8 Å². The molecule has 1 rings (SSSR count). The standard InChI is InChI=1S/C8H11FN2O/c9-7-2-1-5(10)3-6(7)8(11)4-12/h1-3,8,12H,4,10-11H2. The number of benzene rings is 1. The van der Waals surface area contributed by atoms with Crippen molar-refractivity contribution in [1.82, 2.24) is 0 Å². The minimum Gasteiger partial charge on any atom is -0.399 e. The lowest BCUT2D eigenvalue weighted by Gasteiger charge is -2.09. The van der Waals surface area contributed by atoms with Gasteiger partial charge in [-0.15, -0.1) is 0 Å². The normalized spacial score (nSPS) is 12.9. The van der Waals surface area contributed by atoms with E-state index in [2.05, 4.69) is 0 Å². The Morgan fingerprint density at radius 2 is 2.17 bits per heavy atom. The Morgan fingerprint density at radius 3 is 2.75 bits per heavy atom. The van der Waals surface area contributed by atoms with Crippen molar-refractivity contribution in [2.24, 2.45) is 5.73 Å². The van der Waals surface area contributed by atoms with Crippen LogP contribution in [0.5, 0.6) is 0 Å². The van der Waals surface area contributed by atoms with Gasteiger partial charge in [-0.25, -0.2) is 4.39 Å². The second-order valence-electron chi connectivity index (χ2n) is 2.57. The Morgan fingerprint density at radius 1 is 1.50 bits per heavy atom. The van der Waals surface area contributed by atoms with E-state index < -0.39 is 11.9 Å². The smallest absolute Gasteiger partial charge is 0.128 e. The molecular formula is C8H11FN2O. The van der Waals surface area contributed by atoms with E-state index in [4.69, 9.17) is 16.6 Å². The summed E-state index contributed by atoms with van der Waals surface area (Å²) in [7, 11) is 0. The maximum Gasteiger partial charge on any atom is 0.128 e. The van der Waals surface area contributed by atoms with Crippen molar-refractivity contribution < 1.29 is 9.50 Å². The van der Waals surface area contributed by atoms with Crippen LogP contribution >= 0.6 is 0 Å². The van der Waals surface area contributed by atoms with E-state index in [0.717, 1.165) is 0 Å². The van der Waals surface area contributed by atoms with Crippen molar-refractivity contribution >= 4 is 5.69 Å². The van der Waals surface area contributed by atoms with Gasteiger partial charge < -0.3 is 16.6 Å². The van der Waals surface area contributed by atoms with Gasteiger partial charge >= 0.3 is 0 Å². The molecule has 12 heavy (non-hydrogen) atoms. The van der Waals surface area contributed by atoms with E-state index in [-0.39, 0.29) is 12.2 Å². The van der Waals surface area contributed by atoms with Crippen LogP contribution < -0.4 is 11.5 Å². The van der Waals surface area contributed by atoms with Crippen molar-refractivity contribution in [2.45, 2.75) is 6.04 Å². The molecule has 1 aromatic carbocycles. The summed E-state index contributed by atoms with van der Waals surface area (Å²) in [5, 5.41) is 8.67. The maximum absolute atomic E-state index is 13.0. The first kappa shape index (κ1) is 8.96. The molecule has 4 heteroatoms. The summed E-state index contributed by atoms with van der Waals surface area (Å²) >= 11 is 0. The van der Waals surface area contributed by atoms with Gasteiger partial charge in [-0.3, -0.25) is 0 Å². The summed E-state index contributed by atoms with van der Waals surface area (Å²) in [5.74, 6) is -0.439. The molecule has 1 unspecified atom stereocenters. The van der Waals surface area contributed by atoms with Gasteiger partial charge in [0.2, 0.25) is 0 Å². The lowest BCUT2D eigenvalue weighted by Crippen LogP contribution is -2.16. The van der Waals surface area contributed by atoms with Gasteiger partial charge in [0.25, 0.3) is 0 Å². The van der Waals surface area contributed by atoms with E-state index >= 15 is 0 Å². The van der Waals surface area contributed by atoms with E-state index in [1.807, 2.05) is 0 Å².